The second-order valence-corrected chi connectivity index (χ2v) is 5.96. The van der Waals surface area contributed by atoms with E-state index in [-0.39, 0.29) is 11.8 Å². The van der Waals surface area contributed by atoms with Gasteiger partial charge >= 0.3 is 6.16 Å². The summed E-state index contributed by atoms with van der Waals surface area (Å²) in [6.07, 6.45) is -1.04. The van der Waals surface area contributed by atoms with E-state index in [0.717, 1.165) is 11.1 Å². The number of benzene rings is 1. The van der Waals surface area contributed by atoms with Gasteiger partial charge < -0.3 is 20.0 Å². The minimum Gasteiger partial charge on any atom is -0.429 e. The van der Waals surface area contributed by atoms with Crippen molar-refractivity contribution in [2.45, 2.75) is 58.6 Å². The highest BCUT2D eigenvalue weighted by Gasteiger charge is 2.22. The van der Waals surface area contributed by atoms with Crippen molar-refractivity contribution in [3.63, 3.8) is 0 Å². The van der Waals surface area contributed by atoms with E-state index >= 15 is 0 Å². The number of para-hydroxylation sites is 1. The van der Waals surface area contributed by atoms with Crippen LogP contribution < -0.4 is 10.5 Å². The van der Waals surface area contributed by atoms with E-state index in [1.165, 1.54) is 0 Å². The van der Waals surface area contributed by atoms with Gasteiger partial charge in [-0.25, -0.2) is 4.79 Å². The summed E-state index contributed by atoms with van der Waals surface area (Å²) in [6, 6.07) is 4.95. The van der Waals surface area contributed by atoms with Gasteiger partial charge in [0.05, 0.1) is 6.04 Å². The van der Waals surface area contributed by atoms with Crippen LogP contribution in [0.15, 0.2) is 18.2 Å². The van der Waals surface area contributed by atoms with E-state index < -0.39 is 18.3 Å². The fraction of sp³-hybridized carbons (Fsp3) is 0.529. The number of hydrogen-bond donors (Lipinski definition) is 1. The Morgan fingerprint density at radius 2 is 1.59 bits per heavy atom. The Morgan fingerprint density at radius 1 is 1.09 bits per heavy atom. The molecule has 2 N–H and O–H groups in total. The highest BCUT2D eigenvalue weighted by molar-refractivity contribution is 5.67. The van der Waals surface area contributed by atoms with Crippen LogP contribution in [0.2, 0.25) is 0 Å². The van der Waals surface area contributed by atoms with Gasteiger partial charge in [0.2, 0.25) is 0 Å². The van der Waals surface area contributed by atoms with Crippen LogP contribution >= 0.6 is 0 Å². The van der Waals surface area contributed by atoms with E-state index in [1.54, 1.807) is 6.92 Å². The lowest BCUT2D eigenvalue weighted by Gasteiger charge is -2.20. The smallest absolute Gasteiger partial charge is 0.429 e. The highest BCUT2D eigenvalue weighted by atomic mass is 16.7. The molecule has 2 atom stereocenters. The van der Waals surface area contributed by atoms with Crippen LogP contribution in [0.25, 0.3) is 0 Å². The number of ether oxygens (including phenoxy) is 2. The SMILES string of the molecule is CC(C)c1cccc(C(C)C)c1OC(=O)OC(C)C(N)C=O. The van der Waals surface area contributed by atoms with Crippen LogP contribution in [0.3, 0.4) is 0 Å². The summed E-state index contributed by atoms with van der Waals surface area (Å²) < 4.78 is 10.5. The molecule has 2 unspecified atom stereocenters. The molecule has 0 bridgehead atoms. The normalized spacial score (nSPS) is 13.8. The van der Waals surface area contributed by atoms with Crippen molar-refractivity contribution < 1.29 is 19.1 Å². The molecule has 0 aromatic heterocycles. The van der Waals surface area contributed by atoms with Crippen molar-refractivity contribution in [3.8, 4) is 5.75 Å². The van der Waals surface area contributed by atoms with Gasteiger partial charge in [-0.3, -0.25) is 0 Å². The number of hydrogen-bond acceptors (Lipinski definition) is 5. The number of carbonyl (C=O) groups excluding carboxylic acids is 2. The lowest BCUT2D eigenvalue weighted by molar-refractivity contribution is -0.110. The first kappa shape index (κ1) is 18.2. The zero-order chi connectivity index (χ0) is 16.9. The molecule has 122 valence electrons. The lowest BCUT2D eigenvalue weighted by atomic mass is 9.94. The summed E-state index contributed by atoms with van der Waals surface area (Å²) >= 11 is 0. The molecular weight excluding hydrogens is 282 g/mol. The fourth-order valence-electron chi connectivity index (χ4n) is 2.05. The van der Waals surface area contributed by atoms with Gasteiger partial charge in [-0.15, -0.1) is 0 Å². The van der Waals surface area contributed by atoms with Crippen molar-refractivity contribution >= 4 is 12.4 Å². The molecule has 1 aromatic rings. The third-order valence-electron chi connectivity index (χ3n) is 3.49. The first-order chi connectivity index (χ1) is 10.3. The minimum atomic E-state index is -0.863. The highest BCUT2D eigenvalue weighted by Crippen LogP contribution is 2.34. The minimum absolute atomic E-state index is 0.205. The molecule has 0 aliphatic carbocycles. The summed E-state index contributed by atoms with van der Waals surface area (Å²) in [4.78, 5) is 22.6. The number of carbonyl (C=O) groups is 2. The van der Waals surface area contributed by atoms with E-state index in [0.29, 0.717) is 12.0 Å². The first-order valence-corrected chi connectivity index (χ1v) is 7.50. The van der Waals surface area contributed by atoms with E-state index in [4.69, 9.17) is 15.2 Å². The monoisotopic (exact) mass is 307 g/mol. The van der Waals surface area contributed by atoms with Crippen molar-refractivity contribution in [2.24, 2.45) is 5.73 Å². The Labute approximate surface area is 131 Å². The Bertz CT molecular complexity index is 499. The van der Waals surface area contributed by atoms with E-state index in [2.05, 4.69) is 0 Å². The predicted molar refractivity (Wildman–Crippen MR) is 85.2 cm³/mol. The summed E-state index contributed by atoms with van der Waals surface area (Å²) in [6.45, 7) is 9.67. The zero-order valence-electron chi connectivity index (χ0n) is 13.8. The molecule has 5 nitrogen and oxygen atoms in total. The average Bonchev–Trinajstić information content (AvgIpc) is 2.45. The molecule has 0 fully saturated rings. The van der Waals surface area contributed by atoms with Gasteiger partial charge in [-0.05, 0) is 29.9 Å². The Morgan fingerprint density at radius 3 is 2.00 bits per heavy atom. The van der Waals surface area contributed by atoms with Crippen LogP contribution in [0.1, 0.15) is 57.6 Å². The number of nitrogens with two attached hydrogens (primary N) is 1. The quantitative estimate of drug-likeness (QED) is 0.495. The second kappa shape index (κ2) is 7.94. The Kier molecular flexibility index (Phi) is 6.56. The van der Waals surface area contributed by atoms with Crippen molar-refractivity contribution in [1.82, 2.24) is 0 Å². The van der Waals surface area contributed by atoms with Gasteiger partial charge in [0.1, 0.15) is 18.1 Å². The molecule has 1 rings (SSSR count). The van der Waals surface area contributed by atoms with Crippen LogP contribution in [-0.2, 0) is 9.53 Å². The van der Waals surface area contributed by atoms with Crippen LogP contribution in [-0.4, -0.2) is 24.6 Å². The third kappa shape index (κ3) is 4.56. The van der Waals surface area contributed by atoms with Crippen molar-refractivity contribution in [2.75, 3.05) is 0 Å². The molecule has 0 aliphatic rings. The number of rotatable bonds is 6. The molecule has 0 saturated carbocycles. The second-order valence-electron chi connectivity index (χ2n) is 5.96. The molecule has 0 heterocycles. The lowest BCUT2D eigenvalue weighted by Crippen LogP contribution is -2.38. The maximum absolute atomic E-state index is 12.0. The summed E-state index contributed by atoms with van der Waals surface area (Å²) in [5.74, 6) is 0.941. The standard InChI is InChI=1S/C17H25NO4/c1-10(2)13-7-6-8-14(11(3)4)16(13)22-17(20)21-12(5)15(18)9-19/h6-12,15H,18H2,1-5H3. The summed E-state index contributed by atoms with van der Waals surface area (Å²) in [7, 11) is 0. The molecule has 5 heteroatoms. The van der Waals surface area contributed by atoms with E-state index in [1.807, 2.05) is 45.9 Å². The molecule has 0 aliphatic heterocycles. The zero-order valence-corrected chi connectivity index (χ0v) is 13.8. The number of aldehydes is 1. The average molecular weight is 307 g/mol. The third-order valence-corrected chi connectivity index (χ3v) is 3.49. The summed E-state index contributed by atoms with van der Waals surface area (Å²) in [5, 5.41) is 0. The van der Waals surface area contributed by atoms with E-state index in [9.17, 15) is 9.59 Å². The van der Waals surface area contributed by atoms with Gasteiger partial charge in [0.15, 0.2) is 0 Å². The maximum atomic E-state index is 12.0. The molecule has 0 saturated heterocycles. The first-order valence-electron chi connectivity index (χ1n) is 7.50. The Hall–Kier alpha value is -1.88. The largest absolute Gasteiger partial charge is 0.514 e. The van der Waals surface area contributed by atoms with Crippen LogP contribution in [0.5, 0.6) is 5.75 Å². The molecule has 0 amide bonds. The fourth-order valence-corrected chi connectivity index (χ4v) is 2.05. The molecule has 0 radical (unpaired) electrons. The van der Waals surface area contributed by atoms with Gasteiger partial charge in [0, 0.05) is 0 Å². The van der Waals surface area contributed by atoms with Gasteiger partial charge in [0.25, 0.3) is 0 Å². The molecule has 22 heavy (non-hydrogen) atoms. The summed E-state index contributed by atoms with van der Waals surface area (Å²) in [5.41, 5.74) is 7.39. The molecule has 1 aromatic carbocycles. The Balaban J connectivity index is 3.00. The van der Waals surface area contributed by atoms with Crippen LogP contribution in [0.4, 0.5) is 4.79 Å². The molecule has 0 spiro atoms. The predicted octanol–water partition coefficient (Wildman–Crippen LogP) is 3.36. The molecular formula is C17H25NO4. The topological polar surface area (TPSA) is 78.6 Å². The van der Waals surface area contributed by atoms with Gasteiger partial charge in [-0.1, -0.05) is 45.9 Å². The van der Waals surface area contributed by atoms with Crippen molar-refractivity contribution in [1.29, 1.82) is 0 Å². The van der Waals surface area contributed by atoms with Crippen molar-refractivity contribution in [3.05, 3.63) is 29.3 Å². The van der Waals surface area contributed by atoms with Gasteiger partial charge in [-0.2, -0.15) is 0 Å². The maximum Gasteiger partial charge on any atom is 0.514 e. The van der Waals surface area contributed by atoms with Crippen LogP contribution in [0, 0.1) is 0 Å².